The van der Waals surface area contributed by atoms with Crippen LogP contribution in [0.1, 0.15) is 11.6 Å². The second kappa shape index (κ2) is 4.50. The molecule has 0 amide bonds. The van der Waals surface area contributed by atoms with Crippen molar-refractivity contribution in [3.63, 3.8) is 0 Å². The topological polar surface area (TPSA) is 38.0 Å². The second-order valence-electron chi connectivity index (χ2n) is 2.50. The smallest absolute Gasteiger partial charge is 0.259 e. The summed E-state index contributed by atoms with van der Waals surface area (Å²) >= 11 is 5.71. The van der Waals surface area contributed by atoms with Gasteiger partial charge < -0.3 is 0 Å². The number of nitrogens with one attached hydrogen (secondary N) is 1. The van der Waals surface area contributed by atoms with Gasteiger partial charge in [-0.2, -0.15) is 0 Å². The van der Waals surface area contributed by atoms with Crippen LogP contribution in [0.3, 0.4) is 0 Å². The molecular weight excluding hydrogens is 198 g/mol. The molecule has 0 aliphatic heterocycles. The van der Waals surface area contributed by atoms with Crippen LogP contribution in [0.2, 0.25) is 5.02 Å². The lowest BCUT2D eigenvalue weighted by Crippen LogP contribution is -2.33. The van der Waals surface area contributed by atoms with Crippen LogP contribution in [0.25, 0.3) is 0 Å². The summed E-state index contributed by atoms with van der Waals surface area (Å²) in [4.78, 5) is 0. The Kier molecular flexibility index (Phi) is 3.59. The lowest BCUT2D eigenvalue weighted by Gasteiger charge is -2.16. The maximum absolute atomic E-state index is 12.4. The van der Waals surface area contributed by atoms with Gasteiger partial charge in [0.05, 0.1) is 0 Å². The normalized spacial score (nSPS) is 13.3. The number of benzene rings is 1. The Morgan fingerprint density at radius 3 is 2.38 bits per heavy atom. The largest absolute Gasteiger partial charge is 0.271 e. The monoisotopic (exact) mass is 206 g/mol. The fraction of sp³-hybridized carbons (Fsp3) is 0.250. The fourth-order valence-electron chi connectivity index (χ4n) is 1.03. The highest BCUT2D eigenvalue weighted by atomic mass is 35.5. The van der Waals surface area contributed by atoms with E-state index in [1.54, 1.807) is 18.2 Å². The van der Waals surface area contributed by atoms with Crippen molar-refractivity contribution in [3.05, 3.63) is 34.9 Å². The van der Waals surface area contributed by atoms with Gasteiger partial charge in [-0.1, -0.05) is 29.8 Å². The molecule has 0 spiro atoms. The molecule has 0 aromatic heterocycles. The third-order valence-electron chi connectivity index (χ3n) is 1.67. The molecule has 1 aromatic rings. The summed E-state index contributed by atoms with van der Waals surface area (Å²) in [6, 6.07) is 5.15. The van der Waals surface area contributed by atoms with Crippen LogP contribution in [0, 0.1) is 0 Å². The number of halogens is 3. The Morgan fingerprint density at radius 1 is 1.31 bits per heavy atom. The molecule has 0 bridgehead atoms. The standard InChI is InChI=1S/C8H9ClF2N2/c9-6-4-2-1-3-5(6)7(13-12)8(10)11/h1-4,7-8,13H,12H2. The van der Waals surface area contributed by atoms with E-state index in [1.165, 1.54) is 6.07 Å². The van der Waals surface area contributed by atoms with Crippen molar-refractivity contribution in [3.8, 4) is 0 Å². The molecule has 0 aliphatic rings. The first-order chi connectivity index (χ1) is 6.16. The SMILES string of the molecule is NNC(c1ccccc1Cl)C(F)F. The van der Waals surface area contributed by atoms with Crippen molar-refractivity contribution in [2.45, 2.75) is 12.5 Å². The first kappa shape index (κ1) is 10.4. The molecule has 13 heavy (non-hydrogen) atoms. The molecule has 5 heteroatoms. The maximum Gasteiger partial charge on any atom is 0.259 e. The Labute approximate surface area is 79.7 Å². The van der Waals surface area contributed by atoms with Gasteiger partial charge in [-0.15, -0.1) is 0 Å². The maximum atomic E-state index is 12.4. The molecule has 0 aliphatic carbocycles. The third-order valence-corrected chi connectivity index (χ3v) is 2.02. The Morgan fingerprint density at radius 2 is 1.92 bits per heavy atom. The Bertz CT molecular complexity index is 281. The third kappa shape index (κ3) is 2.37. The van der Waals surface area contributed by atoms with Crippen molar-refractivity contribution in [1.82, 2.24) is 5.43 Å². The molecule has 1 atom stereocenters. The first-order valence-corrected chi connectivity index (χ1v) is 4.03. The predicted octanol–water partition coefficient (Wildman–Crippen LogP) is 2.11. The van der Waals surface area contributed by atoms with Gasteiger partial charge in [0.1, 0.15) is 6.04 Å². The summed E-state index contributed by atoms with van der Waals surface area (Å²) in [5.74, 6) is 4.99. The molecule has 1 aromatic carbocycles. The van der Waals surface area contributed by atoms with E-state index in [-0.39, 0.29) is 5.02 Å². The van der Waals surface area contributed by atoms with Gasteiger partial charge in [-0.25, -0.2) is 14.2 Å². The molecule has 1 rings (SSSR count). The Hall–Kier alpha value is -0.710. The van der Waals surface area contributed by atoms with Crippen LogP contribution in [-0.4, -0.2) is 6.43 Å². The molecule has 0 fully saturated rings. The molecule has 0 saturated heterocycles. The summed E-state index contributed by atoms with van der Waals surface area (Å²) < 4.78 is 24.7. The lowest BCUT2D eigenvalue weighted by atomic mass is 10.1. The van der Waals surface area contributed by atoms with Crippen LogP contribution in [0.4, 0.5) is 8.78 Å². The number of hydrogen-bond acceptors (Lipinski definition) is 2. The zero-order valence-corrected chi connectivity index (χ0v) is 7.43. The minimum absolute atomic E-state index is 0.283. The van der Waals surface area contributed by atoms with Crippen LogP contribution >= 0.6 is 11.6 Å². The van der Waals surface area contributed by atoms with E-state index < -0.39 is 12.5 Å². The number of nitrogens with two attached hydrogens (primary N) is 1. The van der Waals surface area contributed by atoms with Gasteiger partial charge in [-0.05, 0) is 11.6 Å². The highest BCUT2D eigenvalue weighted by molar-refractivity contribution is 6.31. The lowest BCUT2D eigenvalue weighted by molar-refractivity contribution is 0.0987. The van der Waals surface area contributed by atoms with Crippen LogP contribution in [0.15, 0.2) is 24.3 Å². The van der Waals surface area contributed by atoms with Crippen LogP contribution < -0.4 is 11.3 Å². The molecular formula is C8H9ClF2N2. The summed E-state index contributed by atoms with van der Waals surface area (Å²) in [6.07, 6.45) is -2.58. The van der Waals surface area contributed by atoms with Crippen molar-refractivity contribution in [2.24, 2.45) is 5.84 Å². The van der Waals surface area contributed by atoms with E-state index in [0.717, 1.165) is 0 Å². The highest BCUT2D eigenvalue weighted by Gasteiger charge is 2.22. The fourth-order valence-corrected chi connectivity index (χ4v) is 1.28. The molecule has 2 nitrogen and oxygen atoms in total. The van der Waals surface area contributed by atoms with Gasteiger partial charge >= 0.3 is 0 Å². The summed E-state index contributed by atoms with van der Waals surface area (Å²) in [6.45, 7) is 0. The van der Waals surface area contributed by atoms with Crippen LogP contribution in [0.5, 0.6) is 0 Å². The average molecular weight is 207 g/mol. The summed E-state index contributed by atoms with van der Waals surface area (Å²) in [5.41, 5.74) is 2.33. The molecule has 0 saturated carbocycles. The van der Waals surface area contributed by atoms with Crippen molar-refractivity contribution >= 4 is 11.6 Å². The van der Waals surface area contributed by atoms with E-state index >= 15 is 0 Å². The number of alkyl halides is 2. The number of hydrogen-bond donors (Lipinski definition) is 2. The van der Waals surface area contributed by atoms with Crippen molar-refractivity contribution in [1.29, 1.82) is 0 Å². The first-order valence-electron chi connectivity index (χ1n) is 3.65. The predicted molar refractivity (Wildman–Crippen MR) is 47.5 cm³/mol. The quantitative estimate of drug-likeness (QED) is 0.587. The molecule has 0 heterocycles. The van der Waals surface area contributed by atoms with Gasteiger partial charge in [0.2, 0.25) is 0 Å². The average Bonchev–Trinajstić information content (AvgIpc) is 2.09. The van der Waals surface area contributed by atoms with Crippen LogP contribution in [-0.2, 0) is 0 Å². The minimum atomic E-state index is -2.58. The second-order valence-corrected chi connectivity index (χ2v) is 2.91. The van der Waals surface area contributed by atoms with Gasteiger partial charge in [0.25, 0.3) is 6.43 Å². The highest BCUT2D eigenvalue weighted by Crippen LogP contribution is 2.26. The van der Waals surface area contributed by atoms with E-state index in [9.17, 15) is 8.78 Å². The van der Waals surface area contributed by atoms with Crippen molar-refractivity contribution in [2.75, 3.05) is 0 Å². The van der Waals surface area contributed by atoms with E-state index in [0.29, 0.717) is 5.56 Å². The summed E-state index contributed by atoms with van der Waals surface area (Å²) in [5, 5.41) is 0.283. The minimum Gasteiger partial charge on any atom is -0.271 e. The van der Waals surface area contributed by atoms with E-state index in [4.69, 9.17) is 17.4 Å². The van der Waals surface area contributed by atoms with Crippen molar-refractivity contribution < 1.29 is 8.78 Å². The molecule has 3 N–H and O–H groups in total. The van der Waals surface area contributed by atoms with Gasteiger partial charge in [0.15, 0.2) is 0 Å². The molecule has 1 unspecified atom stereocenters. The van der Waals surface area contributed by atoms with Gasteiger partial charge in [-0.3, -0.25) is 5.84 Å². The molecule has 0 radical (unpaired) electrons. The zero-order valence-electron chi connectivity index (χ0n) is 6.68. The van der Waals surface area contributed by atoms with E-state index in [2.05, 4.69) is 0 Å². The number of rotatable bonds is 3. The molecule has 72 valence electrons. The summed E-state index contributed by atoms with van der Waals surface area (Å²) in [7, 11) is 0. The van der Waals surface area contributed by atoms with Gasteiger partial charge in [0, 0.05) is 5.02 Å². The number of hydrazine groups is 1. The zero-order chi connectivity index (χ0) is 9.84. The van der Waals surface area contributed by atoms with E-state index in [1.807, 2.05) is 5.43 Å². The Balaban J connectivity index is 2.97.